The molecular formula is C14H16N4O4. The van der Waals surface area contributed by atoms with Gasteiger partial charge < -0.3 is 15.2 Å². The number of hydrogen-bond donors (Lipinski definition) is 2. The van der Waals surface area contributed by atoms with E-state index in [1.165, 1.54) is 6.20 Å². The van der Waals surface area contributed by atoms with Gasteiger partial charge in [0, 0.05) is 6.42 Å². The number of carbonyl (C=O) groups is 2. The lowest BCUT2D eigenvalue weighted by Crippen LogP contribution is -2.15. The summed E-state index contributed by atoms with van der Waals surface area (Å²) in [5.41, 5.74) is 0.940. The molecule has 2 rings (SSSR count). The van der Waals surface area contributed by atoms with E-state index in [1.807, 2.05) is 24.3 Å². The van der Waals surface area contributed by atoms with E-state index < -0.39 is 5.97 Å². The van der Waals surface area contributed by atoms with Crippen molar-refractivity contribution in [1.82, 2.24) is 15.0 Å². The van der Waals surface area contributed by atoms with Gasteiger partial charge in [0.1, 0.15) is 5.75 Å². The number of ether oxygens (including phenoxy) is 1. The number of nitrogens with one attached hydrogen (secondary N) is 1. The van der Waals surface area contributed by atoms with E-state index in [1.54, 1.807) is 7.11 Å². The summed E-state index contributed by atoms with van der Waals surface area (Å²) in [5, 5.41) is 18.8. The van der Waals surface area contributed by atoms with Crippen molar-refractivity contribution in [2.24, 2.45) is 0 Å². The summed E-state index contributed by atoms with van der Waals surface area (Å²) >= 11 is 0. The number of aromatic nitrogens is 3. The fraction of sp³-hybridized carbons (Fsp3) is 0.286. The molecule has 1 aromatic carbocycles. The Balaban J connectivity index is 1.87. The van der Waals surface area contributed by atoms with Crippen LogP contribution in [0, 0.1) is 0 Å². The first-order valence-corrected chi connectivity index (χ1v) is 6.62. The van der Waals surface area contributed by atoms with Crippen LogP contribution in [0.1, 0.15) is 12.0 Å². The SMILES string of the molecule is COc1ccccc1CCC(=O)Nc1cnn(CC(=O)O)n1. The maximum Gasteiger partial charge on any atom is 0.327 e. The molecule has 0 fully saturated rings. The van der Waals surface area contributed by atoms with Gasteiger partial charge in [0.2, 0.25) is 5.91 Å². The zero-order valence-electron chi connectivity index (χ0n) is 12.0. The molecule has 0 bridgehead atoms. The first kappa shape index (κ1) is 15.5. The Labute approximate surface area is 126 Å². The maximum absolute atomic E-state index is 11.9. The van der Waals surface area contributed by atoms with Crippen LogP contribution in [0.25, 0.3) is 0 Å². The van der Waals surface area contributed by atoms with E-state index in [2.05, 4.69) is 15.5 Å². The van der Waals surface area contributed by atoms with E-state index in [9.17, 15) is 9.59 Å². The Kier molecular flexibility index (Phi) is 5.07. The van der Waals surface area contributed by atoms with Gasteiger partial charge in [0.05, 0.1) is 13.3 Å². The van der Waals surface area contributed by atoms with Crippen molar-refractivity contribution in [3.63, 3.8) is 0 Å². The van der Waals surface area contributed by atoms with E-state index in [4.69, 9.17) is 9.84 Å². The van der Waals surface area contributed by atoms with Crippen molar-refractivity contribution >= 4 is 17.7 Å². The van der Waals surface area contributed by atoms with Gasteiger partial charge >= 0.3 is 5.97 Å². The fourth-order valence-electron chi connectivity index (χ4n) is 1.91. The van der Waals surface area contributed by atoms with Gasteiger partial charge in [-0.2, -0.15) is 9.90 Å². The lowest BCUT2D eigenvalue weighted by molar-refractivity contribution is -0.138. The van der Waals surface area contributed by atoms with Gasteiger partial charge in [0.25, 0.3) is 0 Å². The Bertz CT molecular complexity index is 668. The van der Waals surface area contributed by atoms with E-state index in [0.717, 1.165) is 16.1 Å². The van der Waals surface area contributed by atoms with Crippen molar-refractivity contribution in [3.05, 3.63) is 36.0 Å². The predicted octanol–water partition coefficient (Wildman–Crippen LogP) is 0.943. The van der Waals surface area contributed by atoms with E-state index in [0.29, 0.717) is 6.42 Å². The molecule has 0 aliphatic heterocycles. The highest BCUT2D eigenvalue weighted by molar-refractivity contribution is 5.89. The number of anilines is 1. The standard InChI is InChI=1S/C14H16N4O4/c1-22-11-5-3-2-4-10(11)6-7-13(19)16-12-8-15-18(17-12)9-14(20)21/h2-5,8H,6-7,9H2,1H3,(H,20,21)(H,16,17,19). The first-order chi connectivity index (χ1) is 10.6. The maximum atomic E-state index is 11.9. The number of benzene rings is 1. The predicted molar refractivity (Wildman–Crippen MR) is 77.6 cm³/mol. The minimum absolute atomic E-state index is 0.228. The van der Waals surface area contributed by atoms with Crippen molar-refractivity contribution in [2.45, 2.75) is 19.4 Å². The Morgan fingerprint density at radius 2 is 2.14 bits per heavy atom. The molecule has 0 atom stereocenters. The Hall–Kier alpha value is -2.90. The number of carboxylic acids is 1. The zero-order chi connectivity index (χ0) is 15.9. The monoisotopic (exact) mass is 304 g/mol. The summed E-state index contributed by atoms with van der Waals surface area (Å²) in [6.07, 6.45) is 2.09. The van der Waals surface area contributed by atoms with Gasteiger partial charge in [-0.15, -0.1) is 5.10 Å². The second kappa shape index (κ2) is 7.21. The Morgan fingerprint density at radius 3 is 2.86 bits per heavy atom. The summed E-state index contributed by atoms with van der Waals surface area (Å²) in [7, 11) is 1.58. The number of methoxy groups -OCH3 is 1. The van der Waals surface area contributed by atoms with Crippen LogP contribution in [0.15, 0.2) is 30.5 Å². The summed E-state index contributed by atoms with van der Waals surface area (Å²) in [6, 6.07) is 7.48. The molecule has 2 N–H and O–H groups in total. The minimum Gasteiger partial charge on any atom is -0.496 e. The highest BCUT2D eigenvalue weighted by Crippen LogP contribution is 2.18. The van der Waals surface area contributed by atoms with Crippen LogP contribution in [-0.2, 0) is 22.6 Å². The molecule has 1 aromatic heterocycles. The molecule has 8 heteroatoms. The van der Waals surface area contributed by atoms with Crippen molar-refractivity contribution in [3.8, 4) is 5.75 Å². The number of para-hydroxylation sites is 1. The summed E-state index contributed by atoms with van der Waals surface area (Å²) in [4.78, 5) is 23.4. The summed E-state index contributed by atoms with van der Waals surface area (Å²) in [6.45, 7) is -0.350. The molecule has 8 nitrogen and oxygen atoms in total. The number of carboxylic acid groups (broad SMARTS) is 1. The average molecular weight is 304 g/mol. The topological polar surface area (TPSA) is 106 Å². The number of aliphatic carboxylic acids is 1. The van der Waals surface area contributed by atoms with Gasteiger partial charge in [-0.3, -0.25) is 9.59 Å². The average Bonchev–Trinajstić information content (AvgIpc) is 2.91. The van der Waals surface area contributed by atoms with Crippen LogP contribution in [0.5, 0.6) is 5.75 Å². The third-order valence-electron chi connectivity index (χ3n) is 2.89. The van der Waals surface area contributed by atoms with Crippen LogP contribution >= 0.6 is 0 Å². The lowest BCUT2D eigenvalue weighted by atomic mass is 10.1. The number of rotatable bonds is 7. The van der Waals surface area contributed by atoms with Crippen molar-refractivity contribution < 1.29 is 19.4 Å². The molecule has 0 unspecified atom stereocenters. The van der Waals surface area contributed by atoms with Crippen LogP contribution in [0.3, 0.4) is 0 Å². The molecule has 0 saturated heterocycles. The number of amides is 1. The smallest absolute Gasteiger partial charge is 0.327 e. The van der Waals surface area contributed by atoms with Gasteiger partial charge in [0.15, 0.2) is 12.4 Å². The minimum atomic E-state index is -1.05. The largest absolute Gasteiger partial charge is 0.496 e. The molecular weight excluding hydrogens is 288 g/mol. The number of nitrogens with zero attached hydrogens (tertiary/aromatic N) is 3. The third-order valence-corrected chi connectivity index (χ3v) is 2.89. The first-order valence-electron chi connectivity index (χ1n) is 6.62. The van der Waals surface area contributed by atoms with Crippen molar-refractivity contribution in [2.75, 3.05) is 12.4 Å². The van der Waals surface area contributed by atoms with E-state index >= 15 is 0 Å². The number of carbonyl (C=O) groups excluding carboxylic acids is 1. The molecule has 0 aliphatic carbocycles. The third kappa shape index (κ3) is 4.30. The zero-order valence-corrected chi connectivity index (χ0v) is 12.0. The molecule has 0 aliphatic rings. The van der Waals surface area contributed by atoms with Gasteiger partial charge in [-0.05, 0) is 18.1 Å². The highest BCUT2D eigenvalue weighted by Gasteiger charge is 2.09. The normalized spacial score (nSPS) is 10.2. The van der Waals surface area contributed by atoms with Crippen molar-refractivity contribution in [1.29, 1.82) is 0 Å². The molecule has 1 amide bonds. The quantitative estimate of drug-likeness (QED) is 0.788. The van der Waals surface area contributed by atoms with Crippen LogP contribution < -0.4 is 10.1 Å². The molecule has 0 saturated carbocycles. The van der Waals surface area contributed by atoms with E-state index in [-0.39, 0.29) is 24.7 Å². The molecule has 2 aromatic rings. The highest BCUT2D eigenvalue weighted by atomic mass is 16.5. The number of aryl methyl sites for hydroxylation is 1. The number of hydrogen-bond acceptors (Lipinski definition) is 5. The fourth-order valence-corrected chi connectivity index (χ4v) is 1.91. The second-order valence-corrected chi connectivity index (χ2v) is 4.51. The van der Waals surface area contributed by atoms with Crippen LogP contribution in [0.4, 0.5) is 5.82 Å². The summed E-state index contributed by atoms with van der Waals surface area (Å²) < 4.78 is 5.22. The van der Waals surface area contributed by atoms with Crippen LogP contribution in [0.2, 0.25) is 0 Å². The molecule has 116 valence electrons. The summed E-state index contributed by atoms with van der Waals surface area (Å²) in [5.74, 6) is -0.313. The lowest BCUT2D eigenvalue weighted by Gasteiger charge is -2.07. The molecule has 22 heavy (non-hydrogen) atoms. The molecule has 0 spiro atoms. The van der Waals surface area contributed by atoms with Gasteiger partial charge in [-0.25, -0.2) is 0 Å². The van der Waals surface area contributed by atoms with Gasteiger partial charge in [-0.1, -0.05) is 18.2 Å². The molecule has 0 radical (unpaired) electrons. The second-order valence-electron chi connectivity index (χ2n) is 4.51. The molecule has 1 heterocycles. The van der Waals surface area contributed by atoms with Crippen LogP contribution in [-0.4, -0.2) is 39.1 Å². The Morgan fingerprint density at radius 1 is 1.36 bits per heavy atom.